The van der Waals surface area contributed by atoms with Crippen molar-refractivity contribution < 1.29 is 14.1 Å². The number of para-hydroxylation sites is 1. The van der Waals surface area contributed by atoms with Crippen molar-refractivity contribution in [1.82, 2.24) is 0 Å². The maximum absolute atomic E-state index is 11.1. The lowest BCUT2D eigenvalue weighted by atomic mass is 10.1. The van der Waals surface area contributed by atoms with E-state index in [0.717, 1.165) is 11.8 Å². The zero-order valence-corrected chi connectivity index (χ0v) is 11.9. The summed E-state index contributed by atoms with van der Waals surface area (Å²) >= 11 is 0.907. The maximum atomic E-state index is 11.1. The van der Waals surface area contributed by atoms with Gasteiger partial charge in [-0.3, -0.25) is 14.9 Å². The Bertz CT molecular complexity index is 838. The number of thioether (sulfide) groups is 1. The van der Waals surface area contributed by atoms with Crippen molar-refractivity contribution in [2.75, 3.05) is 0 Å². The van der Waals surface area contributed by atoms with Gasteiger partial charge in [0.2, 0.25) is 0 Å². The molecule has 0 spiro atoms. The Balaban J connectivity index is 1.96. The second kappa shape index (κ2) is 5.49. The number of rotatable bonds is 3. The van der Waals surface area contributed by atoms with Crippen molar-refractivity contribution in [3.63, 3.8) is 0 Å². The molecule has 22 heavy (non-hydrogen) atoms. The predicted octanol–water partition coefficient (Wildman–Crippen LogP) is 3.42. The third-order valence-corrected chi connectivity index (χ3v) is 3.74. The molecule has 8 heteroatoms. The van der Waals surface area contributed by atoms with Gasteiger partial charge in [0.15, 0.2) is 0 Å². The second-order valence-corrected chi connectivity index (χ2v) is 5.34. The lowest BCUT2D eigenvalue weighted by Gasteiger charge is -1.99. The number of nitro benzene ring substituents is 1. The van der Waals surface area contributed by atoms with Crippen molar-refractivity contribution in [1.29, 1.82) is 0 Å². The standard InChI is InChI=1S/C14H9N3O4S/c15-13-12(22-14(18)16-13)7-8-5-6-11(21-8)9-3-1-2-4-10(9)17(19)20/h1-7H,(H2,15,16,18)/b12-7-. The Hall–Kier alpha value is -2.87. The maximum Gasteiger partial charge on any atom is 0.311 e. The average molecular weight is 315 g/mol. The molecule has 0 aliphatic carbocycles. The number of nitrogens with two attached hydrogens (primary N) is 1. The molecule has 1 aliphatic rings. The molecule has 0 saturated carbocycles. The first kappa shape index (κ1) is 14.1. The minimum atomic E-state index is -0.466. The molecule has 0 atom stereocenters. The number of amidine groups is 1. The van der Waals surface area contributed by atoms with Gasteiger partial charge in [-0.2, -0.15) is 4.99 Å². The molecule has 0 fully saturated rings. The lowest BCUT2D eigenvalue weighted by molar-refractivity contribution is -0.384. The van der Waals surface area contributed by atoms with Gasteiger partial charge in [0, 0.05) is 6.07 Å². The number of carbonyl (C=O) groups is 1. The molecule has 1 aromatic heterocycles. The van der Waals surface area contributed by atoms with Crippen LogP contribution in [0.5, 0.6) is 0 Å². The van der Waals surface area contributed by atoms with E-state index in [1.807, 2.05) is 0 Å². The zero-order chi connectivity index (χ0) is 15.7. The van der Waals surface area contributed by atoms with E-state index < -0.39 is 4.92 Å². The topological polar surface area (TPSA) is 112 Å². The van der Waals surface area contributed by atoms with Crippen LogP contribution in [-0.4, -0.2) is 16.0 Å². The summed E-state index contributed by atoms with van der Waals surface area (Å²) in [7, 11) is 0. The fraction of sp³-hybridized carbons (Fsp3) is 0. The SMILES string of the molecule is NC1=NC(=O)S/C1=C\c1ccc(-c2ccccc2[N+](=O)[O-])o1. The predicted molar refractivity (Wildman–Crippen MR) is 83.4 cm³/mol. The lowest BCUT2D eigenvalue weighted by Crippen LogP contribution is -2.08. The fourth-order valence-corrected chi connectivity index (χ4v) is 2.63. The van der Waals surface area contributed by atoms with E-state index in [4.69, 9.17) is 10.2 Å². The van der Waals surface area contributed by atoms with E-state index in [1.54, 1.807) is 36.4 Å². The Labute approximate surface area is 128 Å². The summed E-state index contributed by atoms with van der Waals surface area (Å²) in [6, 6.07) is 9.58. The van der Waals surface area contributed by atoms with E-state index in [1.165, 1.54) is 6.07 Å². The summed E-state index contributed by atoms with van der Waals surface area (Å²) in [6.07, 6.45) is 1.58. The molecule has 1 aromatic carbocycles. The Morgan fingerprint density at radius 2 is 2.05 bits per heavy atom. The third-order valence-electron chi connectivity index (χ3n) is 2.93. The Kier molecular flexibility index (Phi) is 3.51. The van der Waals surface area contributed by atoms with E-state index in [9.17, 15) is 14.9 Å². The van der Waals surface area contributed by atoms with Crippen LogP contribution in [0.25, 0.3) is 17.4 Å². The summed E-state index contributed by atoms with van der Waals surface area (Å²) < 4.78 is 5.59. The van der Waals surface area contributed by atoms with E-state index in [2.05, 4.69) is 4.99 Å². The fourth-order valence-electron chi connectivity index (χ4n) is 1.97. The van der Waals surface area contributed by atoms with E-state index in [-0.39, 0.29) is 16.8 Å². The average Bonchev–Trinajstić information content (AvgIpc) is 3.06. The van der Waals surface area contributed by atoms with Crippen molar-refractivity contribution >= 4 is 34.6 Å². The number of amides is 1. The van der Waals surface area contributed by atoms with E-state index in [0.29, 0.717) is 22.0 Å². The largest absolute Gasteiger partial charge is 0.456 e. The van der Waals surface area contributed by atoms with Crippen molar-refractivity contribution in [2.45, 2.75) is 0 Å². The van der Waals surface area contributed by atoms with Crippen LogP contribution >= 0.6 is 11.8 Å². The number of aliphatic imine (C=N–C) groups is 1. The van der Waals surface area contributed by atoms with Gasteiger partial charge >= 0.3 is 5.24 Å². The third kappa shape index (κ3) is 2.63. The van der Waals surface area contributed by atoms with Gasteiger partial charge in [-0.1, -0.05) is 12.1 Å². The normalized spacial score (nSPS) is 16.1. The molecule has 7 nitrogen and oxygen atoms in total. The van der Waals surface area contributed by atoms with Crippen LogP contribution in [0.3, 0.4) is 0 Å². The highest BCUT2D eigenvalue weighted by molar-refractivity contribution is 8.18. The van der Waals surface area contributed by atoms with Gasteiger partial charge in [-0.05, 0) is 36.0 Å². The first-order valence-electron chi connectivity index (χ1n) is 6.16. The van der Waals surface area contributed by atoms with Crippen molar-refractivity contribution in [3.8, 4) is 11.3 Å². The van der Waals surface area contributed by atoms with Crippen LogP contribution in [0, 0.1) is 10.1 Å². The molecule has 2 N–H and O–H groups in total. The number of hydrogen-bond donors (Lipinski definition) is 1. The van der Waals surface area contributed by atoms with Crippen molar-refractivity contribution in [2.24, 2.45) is 10.7 Å². The first-order valence-corrected chi connectivity index (χ1v) is 6.98. The quantitative estimate of drug-likeness (QED) is 0.686. The van der Waals surface area contributed by atoms with Crippen LogP contribution in [0.4, 0.5) is 10.5 Å². The molecule has 0 saturated heterocycles. The van der Waals surface area contributed by atoms with Gasteiger partial charge in [-0.25, -0.2) is 0 Å². The highest BCUT2D eigenvalue weighted by atomic mass is 32.2. The number of nitro groups is 1. The smallest absolute Gasteiger partial charge is 0.311 e. The van der Waals surface area contributed by atoms with Crippen LogP contribution < -0.4 is 5.73 Å². The molecule has 3 rings (SSSR count). The molecule has 1 amide bonds. The molecule has 0 bridgehead atoms. The van der Waals surface area contributed by atoms with Crippen LogP contribution in [0.15, 0.2) is 50.7 Å². The monoisotopic (exact) mass is 315 g/mol. The van der Waals surface area contributed by atoms with Gasteiger partial charge in [0.25, 0.3) is 5.69 Å². The summed E-state index contributed by atoms with van der Waals surface area (Å²) in [6.45, 7) is 0. The minimum Gasteiger partial charge on any atom is -0.456 e. The first-order chi connectivity index (χ1) is 10.5. The molecular weight excluding hydrogens is 306 g/mol. The van der Waals surface area contributed by atoms with Gasteiger partial charge < -0.3 is 10.2 Å². The number of nitrogens with zero attached hydrogens (tertiary/aromatic N) is 2. The minimum absolute atomic E-state index is 0.0393. The highest BCUT2D eigenvalue weighted by Crippen LogP contribution is 2.33. The van der Waals surface area contributed by atoms with Crippen LogP contribution in [-0.2, 0) is 0 Å². The molecule has 2 aromatic rings. The van der Waals surface area contributed by atoms with Crippen LogP contribution in [0.1, 0.15) is 5.76 Å². The summed E-state index contributed by atoms with van der Waals surface area (Å²) in [5.74, 6) is 0.936. The van der Waals surface area contributed by atoms with Crippen molar-refractivity contribution in [3.05, 3.63) is 57.2 Å². The molecule has 2 heterocycles. The molecule has 1 aliphatic heterocycles. The van der Waals surface area contributed by atoms with Gasteiger partial charge in [0.1, 0.15) is 17.4 Å². The number of carbonyl (C=O) groups excluding carboxylic acids is 1. The number of furan rings is 1. The zero-order valence-electron chi connectivity index (χ0n) is 11.1. The Morgan fingerprint density at radius 3 is 2.73 bits per heavy atom. The summed E-state index contributed by atoms with van der Waals surface area (Å²) in [5, 5.41) is 10.7. The highest BCUT2D eigenvalue weighted by Gasteiger charge is 2.20. The summed E-state index contributed by atoms with van der Waals surface area (Å²) in [5.41, 5.74) is 5.95. The number of benzene rings is 1. The second-order valence-electron chi connectivity index (χ2n) is 4.35. The molecule has 0 radical (unpaired) electrons. The van der Waals surface area contributed by atoms with Gasteiger partial charge in [-0.15, -0.1) is 0 Å². The molecule has 0 unspecified atom stereocenters. The Morgan fingerprint density at radius 1 is 1.27 bits per heavy atom. The summed E-state index contributed by atoms with van der Waals surface area (Å²) in [4.78, 5) is 25.8. The molecule has 110 valence electrons. The number of hydrogen-bond acceptors (Lipinski definition) is 6. The molecular formula is C14H9N3O4S. The van der Waals surface area contributed by atoms with E-state index >= 15 is 0 Å². The van der Waals surface area contributed by atoms with Crippen LogP contribution in [0.2, 0.25) is 0 Å². The van der Waals surface area contributed by atoms with Gasteiger partial charge in [0.05, 0.1) is 15.4 Å².